The molecule has 1 aliphatic rings. The Balaban J connectivity index is 1.75. The van der Waals surface area contributed by atoms with Crippen molar-refractivity contribution in [2.45, 2.75) is 19.4 Å². The first-order valence-corrected chi connectivity index (χ1v) is 9.05. The van der Waals surface area contributed by atoms with Crippen molar-refractivity contribution in [2.24, 2.45) is 0 Å². The number of rotatable bonds is 5. The van der Waals surface area contributed by atoms with Gasteiger partial charge in [-0.3, -0.25) is 4.79 Å². The van der Waals surface area contributed by atoms with Crippen LogP contribution in [0, 0.1) is 5.82 Å². The van der Waals surface area contributed by atoms with Gasteiger partial charge < -0.3 is 31.1 Å². The number of hydrogen-bond donors (Lipinski definition) is 4. The molecule has 1 unspecified atom stereocenters. The maximum atomic E-state index is 14.6. The van der Waals surface area contributed by atoms with Crippen LogP contribution < -0.4 is 26.7 Å². The summed E-state index contributed by atoms with van der Waals surface area (Å²) in [5.74, 6) is -0.570. The first-order valence-electron chi connectivity index (χ1n) is 8.64. The van der Waals surface area contributed by atoms with Crippen LogP contribution >= 0.6 is 12.2 Å². The molecular formula is C19H21FN4O3S. The molecule has 0 radical (unpaired) electrons. The summed E-state index contributed by atoms with van der Waals surface area (Å²) in [6.07, 6.45) is -1.47. The Hall–Kier alpha value is -2.75. The SMILES string of the molecule is CC(=S)NC[C@H]1CN(c2ccc(Nc3cccc(N)cc3=O)c(F)c2)C(O)O1. The van der Waals surface area contributed by atoms with Crippen LogP contribution in [-0.4, -0.2) is 35.7 Å². The van der Waals surface area contributed by atoms with E-state index in [2.05, 4.69) is 10.6 Å². The minimum atomic E-state index is -1.18. The third-order valence-corrected chi connectivity index (χ3v) is 4.37. The lowest BCUT2D eigenvalue weighted by atomic mass is 10.2. The molecular weight excluding hydrogens is 383 g/mol. The second-order valence-electron chi connectivity index (χ2n) is 6.41. The van der Waals surface area contributed by atoms with Gasteiger partial charge in [-0.15, -0.1) is 0 Å². The Kier molecular flexibility index (Phi) is 6.08. The monoisotopic (exact) mass is 404 g/mol. The molecule has 0 amide bonds. The molecule has 148 valence electrons. The minimum Gasteiger partial charge on any atom is -0.399 e. The predicted octanol–water partition coefficient (Wildman–Crippen LogP) is 1.93. The van der Waals surface area contributed by atoms with Crippen LogP contribution in [0.2, 0.25) is 0 Å². The molecule has 1 fully saturated rings. The normalized spacial score (nSPS) is 18.8. The molecule has 1 heterocycles. The number of anilines is 4. The van der Waals surface area contributed by atoms with Crippen LogP contribution in [-0.2, 0) is 4.74 Å². The lowest BCUT2D eigenvalue weighted by molar-refractivity contribution is -0.0864. The fourth-order valence-electron chi connectivity index (χ4n) is 2.85. The highest BCUT2D eigenvalue weighted by Gasteiger charge is 2.31. The Labute approximate surface area is 166 Å². The summed E-state index contributed by atoms with van der Waals surface area (Å²) in [6.45, 7) is 2.58. The Bertz CT molecular complexity index is 943. The van der Waals surface area contributed by atoms with Crippen LogP contribution in [0.1, 0.15) is 6.92 Å². The molecule has 9 heteroatoms. The number of benzene rings is 1. The van der Waals surface area contributed by atoms with Crippen LogP contribution in [0.15, 0.2) is 47.3 Å². The van der Waals surface area contributed by atoms with Gasteiger partial charge in [0.15, 0.2) is 0 Å². The summed E-state index contributed by atoms with van der Waals surface area (Å²) in [7, 11) is 0. The van der Waals surface area contributed by atoms with Crippen LogP contribution in [0.4, 0.5) is 27.1 Å². The van der Waals surface area contributed by atoms with E-state index in [1.807, 2.05) is 0 Å². The molecule has 28 heavy (non-hydrogen) atoms. The van der Waals surface area contributed by atoms with Gasteiger partial charge in [0.1, 0.15) is 5.82 Å². The molecule has 0 aliphatic carbocycles. The van der Waals surface area contributed by atoms with Crippen molar-refractivity contribution >= 4 is 40.0 Å². The molecule has 0 spiro atoms. The zero-order valence-electron chi connectivity index (χ0n) is 15.2. The highest BCUT2D eigenvalue weighted by atomic mass is 32.1. The van der Waals surface area contributed by atoms with Crippen molar-refractivity contribution in [3.63, 3.8) is 0 Å². The fourth-order valence-corrected chi connectivity index (χ4v) is 2.93. The number of halogens is 1. The maximum absolute atomic E-state index is 14.6. The maximum Gasteiger partial charge on any atom is 0.238 e. The summed E-state index contributed by atoms with van der Waals surface area (Å²) in [4.78, 5) is 14.3. The zero-order valence-corrected chi connectivity index (χ0v) is 16.0. The number of aliphatic hydroxyl groups excluding tert-OH is 1. The fraction of sp³-hybridized carbons (Fsp3) is 0.263. The van der Waals surface area contributed by atoms with Crippen molar-refractivity contribution < 1.29 is 14.2 Å². The predicted molar refractivity (Wildman–Crippen MR) is 111 cm³/mol. The van der Waals surface area contributed by atoms with Crippen molar-refractivity contribution in [1.82, 2.24) is 5.32 Å². The highest BCUT2D eigenvalue weighted by molar-refractivity contribution is 7.80. The summed E-state index contributed by atoms with van der Waals surface area (Å²) < 4.78 is 20.1. The first kappa shape index (κ1) is 20.0. The molecule has 2 aromatic rings. The van der Waals surface area contributed by atoms with E-state index < -0.39 is 12.2 Å². The number of nitrogens with one attached hydrogen (secondary N) is 2. The van der Waals surface area contributed by atoms with Gasteiger partial charge in [0.25, 0.3) is 0 Å². The van der Waals surface area contributed by atoms with Gasteiger partial charge in [0, 0.05) is 24.0 Å². The zero-order chi connectivity index (χ0) is 20.3. The van der Waals surface area contributed by atoms with Crippen molar-refractivity contribution in [3.05, 3.63) is 58.5 Å². The summed E-state index contributed by atoms with van der Waals surface area (Å²) in [5, 5.41) is 15.9. The molecule has 5 N–H and O–H groups in total. The van der Waals surface area contributed by atoms with Gasteiger partial charge in [-0.1, -0.05) is 18.3 Å². The Morgan fingerprint density at radius 1 is 1.36 bits per heavy atom. The average molecular weight is 404 g/mol. The van der Waals surface area contributed by atoms with Crippen molar-refractivity contribution in [3.8, 4) is 0 Å². The summed E-state index contributed by atoms with van der Waals surface area (Å²) in [5.41, 5.74) is 6.40. The van der Waals surface area contributed by atoms with Gasteiger partial charge in [-0.25, -0.2) is 4.39 Å². The number of aliphatic hydroxyl groups is 1. The molecule has 0 aromatic heterocycles. The molecule has 1 saturated heterocycles. The number of nitrogen functional groups attached to an aromatic ring is 1. The molecule has 0 bridgehead atoms. The smallest absolute Gasteiger partial charge is 0.238 e. The summed E-state index contributed by atoms with van der Waals surface area (Å²) in [6, 6.07) is 10.4. The van der Waals surface area contributed by atoms with E-state index in [-0.39, 0.29) is 22.9 Å². The molecule has 2 atom stereocenters. The second kappa shape index (κ2) is 8.51. The van der Waals surface area contributed by atoms with Crippen molar-refractivity contribution in [1.29, 1.82) is 0 Å². The first-order chi connectivity index (χ1) is 13.3. The molecule has 3 rings (SSSR count). The van der Waals surface area contributed by atoms with Gasteiger partial charge in [-0.2, -0.15) is 0 Å². The number of hydrogen-bond acceptors (Lipinski definition) is 7. The third kappa shape index (κ3) is 4.75. The van der Waals surface area contributed by atoms with E-state index in [0.29, 0.717) is 29.5 Å². The Morgan fingerprint density at radius 2 is 2.14 bits per heavy atom. The Morgan fingerprint density at radius 3 is 2.86 bits per heavy atom. The van der Waals surface area contributed by atoms with E-state index in [4.69, 9.17) is 22.7 Å². The number of nitrogens with zero attached hydrogens (tertiary/aromatic N) is 1. The lowest BCUT2D eigenvalue weighted by Crippen LogP contribution is -2.33. The lowest BCUT2D eigenvalue weighted by Gasteiger charge is -2.21. The van der Waals surface area contributed by atoms with Gasteiger partial charge in [-0.05, 0) is 37.3 Å². The van der Waals surface area contributed by atoms with E-state index >= 15 is 0 Å². The van der Waals surface area contributed by atoms with E-state index in [9.17, 15) is 14.3 Å². The number of thiocarbonyl (C=S) groups is 1. The number of ether oxygens (including phenoxy) is 1. The number of nitrogens with two attached hydrogens (primary N) is 1. The highest BCUT2D eigenvalue weighted by Crippen LogP contribution is 2.28. The molecule has 0 saturated carbocycles. The van der Waals surface area contributed by atoms with E-state index in [1.165, 1.54) is 24.3 Å². The molecule has 7 nitrogen and oxygen atoms in total. The third-order valence-electron chi connectivity index (χ3n) is 4.23. The minimum absolute atomic E-state index is 0.134. The molecule has 1 aliphatic heterocycles. The largest absolute Gasteiger partial charge is 0.399 e. The topological polar surface area (TPSA) is 99.8 Å². The van der Waals surface area contributed by atoms with Crippen LogP contribution in [0.3, 0.4) is 0 Å². The van der Waals surface area contributed by atoms with Gasteiger partial charge in [0.2, 0.25) is 11.8 Å². The van der Waals surface area contributed by atoms with Crippen molar-refractivity contribution in [2.75, 3.05) is 29.0 Å². The average Bonchev–Trinajstić information content (AvgIpc) is 2.92. The molecule has 2 aromatic carbocycles. The van der Waals surface area contributed by atoms with Gasteiger partial charge in [0.05, 0.1) is 29.0 Å². The van der Waals surface area contributed by atoms with E-state index in [1.54, 1.807) is 30.0 Å². The van der Waals surface area contributed by atoms with Gasteiger partial charge >= 0.3 is 0 Å². The quantitative estimate of drug-likeness (QED) is 0.561. The van der Waals surface area contributed by atoms with Crippen LogP contribution in [0.25, 0.3) is 0 Å². The van der Waals surface area contributed by atoms with E-state index in [0.717, 1.165) is 0 Å². The standard InChI is InChI=1S/C19H21FN4O3S/c1-11(28)22-9-14-10-24(19(26)27-14)13-5-6-16(15(20)8-13)23-17-4-2-3-12(21)7-18(17)25/h2-8,14,19,26H,9-10,21H2,1H3,(H,22,28)(H,23,25)/t14-,19?/m0/s1. The second-order valence-corrected chi connectivity index (χ2v) is 7.02. The van der Waals surface area contributed by atoms with Crippen LogP contribution in [0.5, 0.6) is 0 Å². The summed E-state index contributed by atoms with van der Waals surface area (Å²) >= 11 is 4.96.